The van der Waals surface area contributed by atoms with Gasteiger partial charge in [0.05, 0.1) is 22.5 Å². The Kier molecular flexibility index (Phi) is 4.72. The van der Waals surface area contributed by atoms with Gasteiger partial charge in [0.2, 0.25) is 0 Å². The highest BCUT2D eigenvalue weighted by Gasteiger charge is 2.30. The third-order valence-corrected chi connectivity index (χ3v) is 2.75. The van der Waals surface area contributed by atoms with Gasteiger partial charge in [-0.3, -0.25) is 14.9 Å². The fraction of sp³-hybridized carbons (Fsp3) is 0.417. The molecule has 1 rings (SSSR count). The lowest BCUT2D eigenvalue weighted by Crippen LogP contribution is -2.32. The van der Waals surface area contributed by atoms with Crippen LogP contribution in [0.3, 0.4) is 0 Å². The van der Waals surface area contributed by atoms with Crippen LogP contribution in [0.5, 0.6) is 5.75 Å². The van der Waals surface area contributed by atoms with E-state index in [9.17, 15) is 14.9 Å². The zero-order valence-corrected chi connectivity index (χ0v) is 11.6. The SMILES string of the molecule is COC(=O)C(C)(C)COc1ccc([N+](=O)[O-])cc1Cl. The van der Waals surface area contributed by atoms with E-state index < -0.39 is 16.3 Å². The summed E-state index contributed by atoms with van der Waals surface area (Å²) in [7, 11) is 1.29. The Morgan fingerprint density at radius 2 is 2.11 bits per heavy atom. The summed E-state index contributed by atoms with van der Waals surface area (Å²) in [5.41, 5.74) is -0.954. The van der Waals surface area contributed by atoms with Gasteiger partial charge in [-0.25, -0.2) is 0 Å². The largest absolute Gasteiger partial charge is 0.491 e. The Labute approximate surface area is 115 Å². The van der Waals surface area contributed by atoms with Gasteiger partial charge in [-0.15, -0.1) is 0 Å². The number of hydrogen-bond donors (Lipinski definition) is 0. The number of carbonyl (C=O) groups excluding carboxylic acids is 1. The van der Waals surface area contributed by atoms with Crippen LogP contribution < -0.4 is 4.74 Å². The second-order valence-electron chi connectivity index (χ2n) is 4.54. The van der Waals surface area contributed by atoms with Crippen LogP contribution in [0.4, 0.5) is 5.69 Å². The van der Waals surface area contributed by atoms with Crippen LogP contribution >= 0.6 is 11.6 Å². The molecule has 0 N–H and O–H groups in total. The maximum absolute atomic E-state index is 11.5. The Hall–Kier alpha value is -1.82. The van der Waals surface area contributed by atoms with Gasteiger partial charge in [-0.05, 0) is 19.9 Å². The van der Waals surface area contributed by atoms with Crippen molar-refractivity contribution in [2.24, 2.45) is 5.41 Å². The van der Waals surface area contributed by atoms with Gasteiger partial charge in [-0.2, -0.15) is 0 Å². The summed E-state index contributed by atoms with van der Waals surface area (Å²) in [4.78, 5) is 21.5. The van der Waals surface area contributed by atoms with Crippen molar-refractivity contribution in [1.82, 2.24) is 0 Å². The van der Waals surface area contributed by atoms with E-state index in [-0.39, 0.29) is 23.1 Å². The third kappa shape index (κ3) is 3.82. The molecule has 0 aliphatic rings. The molecule has 19 heavy (non-hydrogen) atoms. The predicted octanol–water partition coefficient (Wildman–Crippen LogP) is 2.83. The highest BCUT2D eigenvalue weighted by atomic mass is 35.5. The van der Waals surface area contributed by atoms with Gasteiger partial charge in [0.1, 0.15) is 12.4 Å². The van der Waals surface area contributed by atoms with Crippen molar-refractivity contribution in [2.45, 2.75) is 13.8 Å². The maximum Gasteiger partial charge on any atom is 0.314 e. The van der Waals surface area contributed by atoms with Crippen molar-refractivity contribution in [3.63, 3.8) is 0 Å². The summed E-state index contributed by atoms with van der Waals surface area (Å²) in [5, 5.41) is 10.7. The zero-order chi connectivity index (χ0) is 14.6. The van der Waals surface area contributed by atoms with E-state index in [0.717, 1.165) is 0 Å². The number of nitro groups is 1. The van der Waals surface area contributed by atoms with Crippen LogP contribution in [0.1, 0.15) is 13.8 Å². The lowest BCUT2D eigenvalue weighted by Gasteiger charge is -2.21. The van der Waals surface area contributed by atoms with Crippen LogP contribution in [0, 0.1) is 15.5 Å². The molecule has 0 atom stereocenters. The third-order valence-electron chi connectivity index (χ3n) is 2.45. The molecule has 0 heterocycles. The first kappa shape index (κ1) is 15.2. The average Bonchev–Trinajstić information content (AvgIpc) is 2.36. The van der Waals surface area contributed by atoms with Crippen molar-refractivity contribution in [3.05, 3.63) is 33.3 Å². The van der Waals surface area contributed by atoms with Crippen LogP contribution in [-0.2, 0) is 9.53 Å². The summed E-state index contributed by atoms with van der Waals surface area (Å²) < 4.78 is 10.0. The van der Waals surface area contributed by atoms with E-state index in [4.69, 9.17) is 16.3 Å². The number of rotatable bonds is 5. The molecule has 1 aromatic rings. The number of nitro benzene ring substituents is 1. The van der Waals surface area contributed by atoms with E-state index in [1.807, 2.05) is 0 Å². The fourth-order valence-corrected chi connectivity index (χ4v) is 1.54. The van der Waals surface area contributed by atoms with Crippen LogP contribution in [0.2, 0.25) is 5.02 Å². The van der Waals surface area contributed by atoms with E-state index in [1.54, 1.807) is 13.8 Å². The Morgan fingerprint density at radius 1 is 1.47 bits per heavy atom. The first-order chi connectivity index (χ1) is 8.77. The second kappa shape index (κ2) is 5.88. The molecule has 0 amide bonds. The molecule has 0 spiro atoms. The summed E-state index contributed by atoms with van der Waals surface area (Å²) >= 11 is 5.87. The molecular weight excluding hydrogens is 274 g/mol. The second-order valence-corrected chi connectivity index (χ2v) is 4.94. The molecule has 0 aromatic heterocycles. The van der Waals surface area contributed by atoms with Crippen LogP contribution in [0.25, 0.3) is 0 Å². The minimum absolute atomic E-state index is 0.0528. The molecule has 6 nitrogen and oxygen atoms in total. The number of nitrogens with zero attached hydrogens (tertiary/aromatic N) is 1. The minimum atomic E-state index is -0.833. The molecule has 0 radical (unpaired) electrons. The molecule has 0 aliphatic carbocycles. The first-order valence-electron chi connectivity index (χ1n) is 5.43. The summed E-state index contributed by atoms with van der Waals surface area (Å²) in [5.74, 6) is -0.130. The number of hydrogen-bond acceptors (Lipinski definition) is 5. The van der Waals surface area contributed by atoms with Crippen molar-refractivity contribution in [3.8, 4) is 5.75 Å². The topological polar surface area (TPSA) is 78.7 Å². The molecule has 0 unspecified atom stereocenters. The minimum Gasteiger partial charge on any atom is -0.491 e. The van der Waals surface area contributed by atoms with Crippen LogP contribution in [-0.4, -0.2) is 24.6 Å². The molecule has 0 fully saturated rings. The molecule has 0 saturated carbocycles. The van der Waals surface area contributed by atoms with Gasteiger partial charge in [0.15, 0.2) is 0 Å². The van der Waals surface area contributed by atoms with Gasteiger partial charge in [0.25, 0.3) is 5.69 Å². The summed E-state index contributed by atoms with van der Waals surface area (Å²) in [6.45, 7) is 3.38. The molecule has 7 heteroatoms. The van der Waals surface area contributed by atoms with E-state index in [0.29, 0.717) is 0 Å². The number of ether oxygens (including phenoxy) is 2. The first-order valence-corrected chi connectivity index (χ1v) is 5.81. The fourth-order valence-electron chi connectivity index (χ4n) is 1.31. The normalized spacial score (nSPS) is 10.9. The highest BCUT2D eigenvalue weighted by molar-refractivity contribution is 6.32. The van der Waals surface area contributed by atoms with Crippen molar-refractivity contribution >= 4 is 23.3 Å². The Bertz CT molecular complexity index is 501. The van der Waals surface area contributed by atoms with E-state index in [1.165, 1.54) is 25.3 Å². The number of non-ortho nitro benzene ring substituents is 1. The number of benzene rings is 1. The lowest BCUT2D eigenvalue weighted by molar-refractivity contribution is -0.384. The number of carbonyl (C=O) groups is 1. The quantitative estimate of drug-likeness (QED) is 0.473. The standard InChI is InChI=1S/C12H14ClNO5/c1-12(2,11(15)18-3)7-19-10-5-4-8(14(16)17)6-9(10)13/h4-6H,7H2,1-3H3. The average molecular weight is 288 g/mol. The highest BCUT2D eigenvalue weighted by Crippen LogP contribution is 2.30. The Balaban J connectivity index is 2.79. The van der Waals surface area contributed by atoms with Gasteiger partial charge >= 0.3 is 5.97 Å². The van der Waals surface area contributed by atoms with Gasteiger partial charge in [0, 0.05) is 12.1 Å². The van der Waals surface area contributed by atoms with Crippen LogP contribution in [0.15, 0.2) is 18.2 Å². The van der Waals surface area contributed by atoms with E-state index >= 15 is 0 Å². The van der Waals surface area contributed by atoms with Crippen molar-refractivity contribution in [2.75, 3.05) is 13.7 Å². The molecular formula is C12H14ClNO5. The predicted molar refractivity (Wildman–Crippen MR) is 69.4 cm³/mol. The number of methoxy groups -OCH3 is 1. The van der Waals surface area contributed by atoms with E-state index in [2.05, 4.69) is 4.74 Å². The van der Waals surface area contributed by atoms with Crippen molar-refractivity contribution in [1.29, 1.82) is 0 Å². The number of esters is 1. The molecule has 1 aromatic carbocycles. The maximum atomic E-state index is 11.5. The lowest BCUT2D eigenvalue weighted by atomic mass is 9.95. The molecule has 0 saturated heterocycles. The van der Waals surface area contributed by atoms with Crippen molar-refractivity contribution < 1.29 is 19.2 Å². The molecule has 104 valence electrons. The monoisotopic (exact) mass is 287 g/mol. The summed E-state index contributed by atoms with van der Waals surface area (Å²) in [6.07, 6.45) is 0. The smallest absolute Gasteiger partial charge is 0.314 e. The number of halogens is 1. The Morgan fingerprint density at radius 3 is 2.58 bits per heavy atom. The molecule has 0 bridgehead atoms. The van der Waals surface area contributed by atoms with Gasteiger partial charge < -0.3 is 9.47 Å². The zero-order valence-electron chi connectivity index (χ0n) is 10.8. The summed E-state index contributed by atoms with van der Waals surface area (Å²) in [6, 6.07) is 3.88. The van der Waals surface area contributed by atoms with Gasteiger partial charge in [-0.1, -0.05) is 11.6 Å². The molecule has 0 aliphatic heterocycles.